The Kier molecular flexibility index (Phi) is 8.78. The molecule has 3 heterocycles. The van der Waals surface area contributed by atoms with Gasteiger partial charge < -0.3 is 9.13 Å². The van der Waals surface area contributed by atoms with E-state index in [1.54, 1.807) is 0 Å². The average Bonchev–Trinajstić information content (AvgIpc) is 3.91. The first-order chi connectivity index (χ1) is 32.7. The predicted octanol–water partition coefficient (Wildman–Crippen LogP) is 15.6. The van der Waals surface area contributed by atoms with Crippen LogP contribution in [0.2, 0.25) is 0 Å². The second kappa shape index (κ2) is 15.4. The van der Waals surface area contributed by atoms with Gasteiger partial charge in [0.05, 0.1) is 22.1 Å². The van der Waals surface area contributed by atoms with Gasteiger partial charge >= 0.3 is 0 Å². The van der Waals surface area contributed by atoms with Crippen molar-refractivity contribution < 1.29 is 0 Å². The van der Waals surface area contributed by atoms with Crippen LogP contribution in [0.15, 0.2) is 237 Å². The van der Waals surface area contributed by atoms with Crippen LogP contribution in [0, 0.1) is 0 Å². The van der Waals surface area contributed by atoms with E-state index in [4.69, 9.17) is 15.0 Å². The topological polar surface area (TPSA) is 48.5 Å². The summed E-state index contributed by atoms with van der Waals surface area (Å²) in [6.07, 6.45) is 0. The van der Waals surface area contributed by atoms with Crippen LogP contribution >= 0.6 is 0 Å². The third-order valence-corrected chi connectivity index (χ3v) is 13.0. The van der Waals surface area contributed by atoms with Crippen molar-refractivity contribution in [3.63, 3.8) is 0 Å². The monoisotopic (exact) mass is 841 g/mol. The van der Waals surface area contributed by atoms with E-state index >= 15 is 0 Å². The molecule has 5 heteroatoms. The lowest BCUT2D eigenvalue weighted by molar-refractivity contribution is 1.07. The number of hydrogen-bond donors (Lipinski definition) is 0. The molecule has 13 aromatic rings. The fourth-order valence-electron chi connectivity index (χ4n) is 9.82. The maximum atomic E-state index is 4.99. The average molecular weight is 842 g/mol. The summed E-state index contributed by atoms with van der Waals surface area (Å²) in [5.41, 5.74) is 14.5. The zero-order chi connectivity index (χ0) is 43.6. The van der Waals surface area contributed by atoms with Crippen molar-refractivity contribution in [2.24, 2.45) is 0 Å². The third kappa shape index (κ3) is 6.28. The van der Waals surface area contributed by atoms with Gasteiger partial charge in [-0.3, -0.25) is 0 Å². The summed E-state index contributed by atoms with van der Waals surface area (Å²) in [5.74, 6) is 1.92. The summed E-state index contributed by atoms with van der Waals surface area (Å²) in [5, 5.41) is 7.39. The Morgan fingerprint density at radius 3 is 1.30 bits per heavy atom. The van der Waals surface area contributed by atoms with Crippen LogP contribution in [0.5, 0.6) is 0 Å². The van der Waals surface area contributed by atoms with Gasteiger partial charge in [0.15, 0.2) is 17.5 Å². The quantitative estimate of drug-likeness (QED) is 0.161. The highest BCUT2D eigenvalue weighted by Gasteiger charge is 2.18. The molecule has 0 aliphatic heterocycles. The van der Waals surface area contributed by atoms with E-state index in [0.717, 1.165) is 44.7 Å². The number of fused-ring (bicyclic) bond motifs is 7. The van der Waals surface area contributed by atoms with E-state index in [0.29, 0.717) is 17.5 Å². The number of nitrogens with zero attached hydrogens (tertiary/aromatic N) is 5. The Labute approximate surface area is 381 Å². The molecular weight excluding hydrogens is 803 g/mol. The van der Waals surface area contributed by atoms with Gasteiger partial charge in [-0.2, -0.15) is 0 Å². The third-order valence-electron chi connectivity index (χ3n) is 13.0. The summed E-state index contributed by atoms with van der Waals surface area (Å²) in [6.45, 7) is 0. The minimum Gasteiger partial charge on any atom is -0.309 e. The number of aromatic nitrogens is 5. The molecule has 0 spiro atoms. The first-order valence-electron chi connectivity index (χ1n) is 22.3. The standard InChI is InChI=1S/C61H39N5/c1-3-15-42(16-4-1)59-62-60(43-17-5-2-6-18-43)64-61(63-59)44-28-34-48(35-29-44)66-55-24-11-9-21-51(55)53-36-30-46(39-58(53)66)45-31-37-57-54(38-45)52-22-10-12-25-56(52)65(57)47-32-26-41(27-33-47)50-23-13-19-40-14-7-8-20-49(40)50/h1-39H. The molecule has 0 aliphatic carbocycles. The molecule has 10 aromatic carbocycles. The predicted molar refractivity (Wildman–Crippen MR) is 273 cm³/mol. The fourth-order valence-corrected chi connectivity index (χ4v) is 9.82. The maximum absolute atomic E-state index is 4.99. The van der Waals surface area contributed by atoms with Crippen LogP contribution in [-0.2, 0) is 0 Å². The van der Waals surface area contributed by atoms with Gasteiger partial charge in [0.2, 0.25) is 0 Å². The summed E-state index contributed by atoms with van der Waals surface area (Å²) < 4.78 is 4.77. The lowest BCUT2D eigenvalue weighted by atomic mass is 9.98. The minimum atomic E-state index is 0.633. The van der Waals surface area contributed by atoms with Crippen LogP contribution in [0.4, 0.5) is 0 Å². The fraction of sp³-hybridized carbons (Fsp3) is 0. The van der Waals surface area contributed by atoms with E-state index in [1.165, 1.54) is 60.0 Å². The van der Waals surface area contributed by atoms with Gasteiger partial charge in [-0.05, 0) is 99.8 Å². The number of benzene rings is 10. The van der Waals surface area contributed by atoms with Crippen molar-refractivity contribution in [3.8, 4) is 67.8 Å². The first-order valence-corrected chi connectivity index (χ1v) is 22.3. The van der Waals surface area contributed by atoms with Crippen molar-refractivity contribution in [2.75, 3.05) is 0 Å². The first kappa shape index (κ1) is 37.6. The molecule has 3 aromatic heterocycles. The lowest BCUT2D eigenvalue weighted by Crippen LogP contribution is -2.00. The zero-order valence-electron chi connectivity index (χ0n) is 35.8. The molecule has 0 bridgehead atoms. The van der Waals surface area contributed by atoms with Crippen molar-refractivity contribution in [3.05, 3.63) is 237 Å². The van der Waals surface area contributed by atoms with Gasteiger partial charge in [0.1, 0.15) is 0 Å². The Morgan fingerprint density at radius 1 is 0.242 bits per heavy atom. The van der Waals surface area contributed by atoms with Crippen molar-refractivity contribution in [2.45, 2.75) is 0 Å². The van der Waals surface area contributed by atoms with Gasteiger partial charge in [0, 0.05) is 49.6 Å². The van der Waals surface area contributed by atoms with Crippen molar-refractivity contribution >= 4 is 54.4 Å². The van der Waals surface area contributed by atoms with Crippen molar-refractivity contribution in [1.29, 1.82) is 0 Å². The molecule has 0 unspecified atom stereocenters. The highest BCUT2D eigenvalue weighted by atomic mass is 15.0. The number of hydrogen-bond acceptors (Lipinski definition) is 3. The van der Waals surface area contributed by atoms with Crippen LogP contribution in [-0.4, -0.2) is 24.1 Å². The van der Waals surface area contributed by atoms with E-state index in [-0.39, 0.29) is 0 Å². The SMILES string of the molecule is c1ccc(-c2nc(-c3ccccc3)nc(-c3ccc(-n4c5ccccc5c5ccc(-c6ccc7c(c6)c6ccccc6n7-c6ccc(-c7cccc8ccccc78)cc6)cc54)cc3)n2)cc1. The molecule has 308 valence electrons. The molecule has 0 saturated heterocycles. The maximum Gasteiger partial charge on any atom is 0.164 e. The molecule has 0 radical (unpaired) electrons. The van der Waals surface area contributed by atoms with E-state index in [9.17, 15) is 0 Å². The molecule has 66 heavy (non-hydrogen) atoms. The molecule has 0 saturated carbocycles. The van der Waals surface area contributed by atoms with Crippen LogP contribution in [0.25, 0.3) is 122 Å². The van der Waals surface area contributed by atoms with Crippen LogP contribution < -0.4 is 0 Å². The second-order valence-electron chi connectivity index (χ2n) is 16.8. The van der Waals surface area contributed by atoms with Crippen LogP contribution in [0.3, 0.4) is 0 Å². The largest absolute Gasteiger partial charge is 0.309 e. The molecule has 0 aliphatic rings. The van der Waals surface area contributed by atoms with E-state index < -0.39 is 0 Å². The molecule has 0 atom stereocenters. The number of rotatable bonds is 7. The smallest absolute Gasteiger partial charge is 0.164 e. The van der Waals surface area contributed by atoms with Crippen LogP contribution in [0.1, 0.15) is 0 Å². The van der Waals surface area contributed by atoms with Gasteiger partial charge in [0.25, 0.3) is 0 Å². The summed E-state index contributed by atoms with van der Waals surface area (Å²) >= 11 is 0. The molecule has 0 amide bonds. The summed E-state index contributed by atoms with van der Waals surface area (Å²) in [7, 11) is 0. The Bertz CT molecular complexity index is 3900. The zero-order valence-corrected chi connectivity index (χ0v) is 35.8. The van der Waals surface area contributed by atoms with E-state index in [1.807, 2.05) is 60.7 Å². The minimum absolute atomic E-state index is 0.633. The summed E-state index contributed by atoms with van der Waals surface area (Å²) in [6, 6.07) is 84.2. The Hall–Kier alpha value is -8.93. The molecule has 5 nitrogen and oxygen atoms in total. The number of para-hydroxylation sites is 2. The van der Waals surface area contributed by atoms with Gasteiger partial charge in [-0.15, -0.1) is 0 Å². The molecule has 0 N–H and O–H groups in total. The van der Waals surface area contributed by atoms with E-state index in [2.05, 4.69) is 185 Å². The highest BCUT2D eigenvalue weighted by molar-refractivity contribution is 6.12. The molecule has 13 rings (SSSR count). The molecular formula is C61H39N5. The van der Waals surface area contributed by atoms with Crippen molar-refractivity contribution in [1.82, 2.24) is 24.1 Å². The normalized spacial score (nSPS) is 11.6. The Morgan fingerprint density at radius 2 is 0.667 bits per heavy atom. The molecule has 0 fully saturated rings. The van der Waals surface area contributed by atoms with Gasteiger partial charge in [-0.25, -0.2) is 15.0 Å². The van der Waals surface area contributed by atoms with Gasteiger partial charge in [-0.1, -0.05) is 170 Å². The second-order valence-corrected chi connectivity index (χ2v) is 16.8. The Balaban J connectivity index is 0.895. The highest BCUT2D eigenvalue weighted by Crippen LogP contribution is 2.39. The lowest BCUT2D eigenvalue weighted by Gasteiger charge is -2.12. The summed E-state index contributed by atoms with van der Waals surface area (Å²) in [4.78, 5) is 14.9.